The minimum Gasteiger partial charge on any atom is -0.392 e. The third kappa shape index (κ3) is 8.73. The number of carbonyl (C=O) groups excluding carboxylic acids is 1. The van der Waals surface area contributed by atoms with E-state index in [9.17, 15) is 40.5 Å². The van der Waals surface area contributed by atoms with Gasteiger partial charge in [0.25, 0.3) is 0 Å². The van der Waals surface area contributed by atoms with E-state index in [-0.39, 0.29) is 44.0 Å². The van der Waals surface area contributed by atoms with Crippen molar-refractivity contribution >= 4 is 5.78 Å². The highest BCUT2D eigenvalue weighted by molar-refractivity contribution is 5.80. The molecule has 0 aromatic carbocycles. The Labute approximate surface area is 393 Å². The fourth-order valence-electron chi connectivity index (χ4n) is 13.9. The van der Waals surface area contributed by atoms with E-state index < -0.39 is 151 Å². The van der Waals surface area contributed by atoms with Crippen LogP contribution in [0.4, 0.5) is 0 Å². The van der Waals surface area contributed by atoms with E-state index in [1.54, 1.807) is 28.1 Å². The smallest absolute Gasteiger partial charge is 0.187 e. The van der Waals surface area contributed by atoms with Crippen molar-refractivity contribution in [3.05, 3.63) is 11.6 Å². The maximum atomic E-state index is 12.7. The van der Waals surface area contributed by atoms with Gasteiger partial charge in [-0.15, -0.1) is 0 Å². The molecule has 67 heavy (non-hydrogen) atoms. The molecule has 8 aliphatic rings. The van der Waals surface area contributed by atoms with Gasteiger partial charge in [-0.1, -0.05) is 25.5 Å². The van der Waals surface area contributed by atoms with Gasteiger partial charge in [-0.3, -0.25) is 4.79 Å². The third-order valence-corrected chi connectivity index (χ3v) is 17.8. The van der Waals surface area contributed by atoms with Crippen LogP contribution in [0.25, 0.3) is 0 Å². The number of rotatable bonds is 12. The van der Waals surface area contributed by atoms with Crippen LogP contribution in [0.1, 0.15) is 106 Å². The molecule has 7 fully saturated rings. The molecule has 0 aromatic rings. The molecule has 3 saturated carbocycles. The van der Waals surface area contributed by atoms with E-state index in [0.29, 0.717) is 25.7 Å². The molecule has 0 radical (unpaired) electrons. The SMILES string of the molecule is COC1CC(OC2C(O)CC(OC3CCC4(C)C(=CCC5(O)C4CC(O)C4(C)C(C(C)=O)CC(O)C54O)C3)OC2C)OC(C)C1OC1CC(OC)C(OC2OC(C)C(O)C(OC)C2O)C(C)O1. The lowest BCUT2D eigenvalue weighted by atomic mass is 9.42. The summed E-state index contributed by atoms with van der Waals surface area (Å²) in [5.41, 5.74) is -4.82. The lowest BCUT2D eigenvalue weighted by molar-refractivity contribution is -0.355. The second-order valence-electron chi connectivity index (χ2n) is 21.4. The summed E-state index contributed by atoms with van der Waals surface area (Å²) in [7, 11) is 4.56. The summed E-state index contributed by atoms with van der Waals surface area (Å²) in [5.74, 6) is -1.59. The van der Waals surface area contributed by atoms with E-state index in [0.717, 1.165) is 5.57 Å². The lowest BCUT2D eigenvalue weighted by Gasteiger charge is -2.66. The van der Waals surface area contributed by atoms with Crippen LogP contribution in [-0.4, -0.2) is 197 Å². The average Bonchev–Trinajstić information content (AvgIpc) is 3.50. The molecule has 0 bridgehead atoms. The summed E-state index contributed by atoms with van der Waals surface area (Å²) < 4.78 is 67.5. The third-order valence-electron chi connectivity index (χ3n) is 17.8. The molecule has 0 aromatic heterocycles. The molecule has 26 unspecified atom stereocenters. The Morgan fingerprint density at radius 3 is 1.79 bits per heavy atom. The van der Waals surface area contributed by atoms with Gasteiger partial charge in [0, 0.05) is 57.8 Å². The quantitative estimate of drug-likeness (QED) is 0.135. The van der Waals surface area contributed by atoms with Gasteiger partial charge in [0.05, 0.1) is 61.0 Å². The van der Waals surface area contributed by atoms with Crippen molar-refractivity contribution in [3.8, 4) is 0 Å². The second-order valence-corrected chi connectivity index (χ2v) is 21.4. The Morgan fingerprint density at radius 1 is 0.657 bits per heavy atom. The number of ether oxygens (including phenoxy) is 11. The minimum absolute atomic E-state index is 0.0220. The van der Waals surface area contributed by atoms with Crippen LogP contribution >= 0.6 is 0 Å². The molecule has 4 heterocycles. The lowest BCUT2D eigenvalue weighted by Crippen LogP contribution is -2.78. The predicted octanol–water partition coefficient (Wildman–Crippen LogP) is 1.14. The Hall–Kier alpha value is -1.31. The van der Waals surface area contributed by atoms with Gasteiger partial charge in [0.1, 0.15) is 53.6 Å². The number of fused-ring (bicyclic) bond motifs is 5. The molecule has 4 saturated heterocycles. The van der Waals surface area contributed by atoms with Gasteiger partial charge < -0.3 is 87.9 Å². The summed E-state index contributed by atoms with van der Waals surface area (Å²) in [6.07, 6.45) is -10.7. The first-order valence-corrected chi connectivity index (χ1v) is 24.4. The Morgan fingerprint density at radius 2 is 1.22 bits per heavy atom. The van der Waals surface area contributed by atoms with Gasteiger partial charge in [0.15, 0.2) is 25.2 Å². The van der Waals surface area contributed by atoms with Crippen LogP contribution in [0.2, 0.25) is 0 Å². The Kier molecular flexibility index (Phi) is 15.2. The van der Waals surface area contributed by atoms with Crippen molar-refractivity contribution in [2.24, 2.45) is 22.7 Å². The molecule has 4 aliphatic heterocycles. The first kappa shape index (κ1) is 52.0. The highest BCUT2D eigenvalue weighted by atomic mass is 16.8. The summed E-state index contributed by atoms with van der Waals surface area (Å²) in [6, 6.07) is 0. The number of hydrogen-bond acceptors (Lipinski definition) is 19. The van der Waals surface area contributed by atoms with Gasteiger partial charge in [-0.25, -0.2) is 0 Å². The molecular formula is C48H78O19. The number of ketones is 1. The standard InChI is InChI=1S/C48H78O19/c1-21(49)28-16-34(52)48(56)46(28,7)33(51)20-32-45(6)13-12-27(15-26(45)11-14-47(32,48)55)64-35-17-29(50)40(23(3)60-35)65-36-18-30(57-8)41(24(4)61-36)66-37-19-31(58-9)42(25(5)62-37)67-44-39(54)43(59-10)38(53)22(2)63-44/h11,22-25,27-44,50-56H,12-20H2,1-10H3. The second kappa shape index (κ2) is 19.6. The molecule has 7 N–H and O–H groups in total. The van der Waals surface area contributed by atoms with E-state index in [1.165, 1.54) is 14.0 Å². The predicted molar refractivity (Wildman–Crippen MR) is 233 cm³/mol. The Balaban J connectivity index is 0.838. The molecule has 19 heteroatoms. The monoisotopic (exact) mass is 959 g/mol. The van der Waals surface area contributed by atoms with Crippen molar-refractivity contribution < 1.29 is 92.6 Å². The summed E-state index contributed by atoms with van der Waals surface area (Å²) in [4.78, 5) is 12.7. The maximum Gasteiger partial charge on any atom is 0.187 e. The van der Waals surface area contributed by atoms with Crippen molar-refractivity contribution in [3.63, 3.8) is 0 Å². The summed E-state index contributed by atoms with van der Waals surface area (Å²) in [6.45, 7) is 12.3. The molecule has 4 aliphatic carbocycles. The molecule has 26 atom stereocenters. The molecule has 0 amide bonds. The van der Waals surface area contributed by atoms with E-state index >= 15 is 0 Å². The number of methoxy groups -OCH3 is 3. The molecule has 19 nitrogen and oxygen atoms in total. The van der Waals surface area contributed by atoms with E-state index in [4.69, 9.17) is 52.1 Å². The van der Waals surface area contributed by atoms with Crippen molar-refractivity contribution in [1.29, 1.82) is 0 Å². The Bertz CT molecular complexity index is 1760. The topological polar surface area (TPSA) is 260 Å². The fourth-order valence-corrected chi connectivity index (χ4v) is 13.9. The van der Waals surface area contributed by atoms with Crippen LogP contribution in [0.15, 0.2) is 11.6 Å². The molecule has 8 rings (SSSR count). The van der Waals surface area contributed by atoms with Crippen molar-refractivity contribution in [1.82, 2.24) is 0 Å². The largest absolute Gasteiger partial charge is 0.392 e. The average molecular weight is 959 g/mol. The van der Waals surface area contributed by atoms with Crippen LogP contribution in [0.3, 0.4) is 0 Å². The van der Waals surface area contributed by atoms with Gasteiger partial charge >= 0.3 is 0 Å². The number of Topliss-reactive ketones (excluding diaryl/α,β-unsaturated/α-hetero) is 1. The zero-order valence-electron chi connectivity index (χ0n) is 40.7. The number of aliphatic hydroxyl groups excluding tert-OH is 5. The van der Waals surface area contributed by atoms with Crippen LogP contribution in [-0.2, 0) is 56.9 Å². The summed E-state index contributed by atoms with van der Waals surface area (Å²) in [5, 5.41) is 80.7. The number of aliphatic hydroxyl groups is 7. The van der Waals surface area contributed by atoms with E-state index in [1.807, 2.05) is 33.8 Å². The van der Waals surface area contributed by atoms with Crippen molar-refractivity contribution in [2.75, 3.05) is 21.3 Å². The molecule has 384 valence electrons. The van der Waals surface area contributed by atoms with Gasteiger partial charge in [0.2, 0.25) is 0 Å². The zero-order chi connectivity index (χ0) is 48.7. The first-order valence-electron chi connectivity index (χ1n) is 24.4. The van der Waals surface area contributed by atoms with E-state index in [2.05, 4.69) is 0 Å². The fraction of sp³-hybridized carbons (Fsp3) is 0.938. The summed E-state index contributed by atoms with van der Waals surface area (Å²) >= 11 is 0. The van der Waals surface area contributed by atoms with Gasteiger partial charge in [-0.2, -0.15) is 0 Å². The normalized spacial score (nSPS) is 54.7. The zero-order valence-corrected chi connectivity index (χ0v) is 40.7. The number of hydrogen-bond donors (Lipinski definition) is 7. The van der Waals surface area contributed by atoms with Gasteiger partial charge in [-0.05, 0) is 78.6 Å². The first-order chi connectivity index (χ1) is 31.6. The molecule has 0 spiro atoms. The van der Waals surface area contributed by atoms with Crippen LogP contribution in [0, 0.1) is 22.7 Å². The van der Waals surface area contributed by atoms with Crippen LogP contribution in [0.5, 0.6) is 0 Å². The highest BCUT2D eigenvalue weighted by Crippen LogP contribution is 2.69. The van der Waals surface area contributed by atoms with Crippen LogP contribution < -0.4 is 0 Å². The minimum atomic E-state index is -2.09. The number of carbonyl (C=O) groups is 1. The highest BCUT2D eigenvalue weighted by Gasteiger charge is 2.79. The maximum absolute atomic E-state index is 12.7. The molecular weight excluding hydrogens is 881 g/mol. The van der Waals surface area contributed by atoms with Crippen molar-refractivity contribution in [2.45, 2.75) is 240 Å².